The van der Waals surface area contributed by atoms with Gasteiger partial charge in [0.15, 0.2) is 0 Å². The summed E-state index contributed by atoms with van der Waals surface area (Å²) in [4.78, 5) is 0. The molecule has 2 aliphatic rings. The molecule has 19 heavy (non-hydrogen) atoms. The highest BCUT2D eigenvalue weighted by molar-refractivity contribution is 7.85. The molecule has 2 aliphatic heterocycles. The second-order valence-corrected chi connectivity index (χ2v) is 7.29. The molecule has 1 N–H and O–H groups in total. The molecule has 2 atom stereocenters. The summed E-state index contributed by atoms with van der Waals surface area (Å²) in [6.45, 7) is 3.00. The Hall–Kier alpha value is -0.870. The molecule has 4 heteroatoms. The minimum Gasteiger partial charge on any atom is -0.493 e. The van der Waals surface area contributed by atoms with Crippen LogP contribution in [0.1, 0.15) is 31.4 Å². The van der Waals surface area contributed by atoms with Crippen LogP contribution in [0.3, 0.4) is 0 Å². The van der Waals surface area contributed by atoms with Crippen LogP contribution < -0.4 is 10.1 Å². The molecule has 104 valence electrons. The third-order valence-electron chi connectivity index (χ3n) is 4.13. The molecule has 1 aromatic rings. The highest BCUT2D eigenvalue weighted by Gasteiger charge is 2.30. The van der Waals surface area contributed by atoms with E-state index in [0.717, 1.165) is 36.7 Å². The van der Waals surface area contributed by atoms with E-state index in [-0.39, 0.29) is 0 Å². The third kappa shape index (κ3) is 2.84. The minimum absolute atomic E-state index is 0.362. The summed E-state index contributed by atoms with van der Waals surface area (Å²) in [6, 6.07) is 9.16. The van der Waals surface area contributed by atoms with Crippen molar-refractivity contribution in [1.29, 1.82) is 0 Å². The molecule has 0 amide bonds. The van der Waals surface area contributed by atoms with Crippen LogP contribution in [-0.4, -0.2) is 28.4 Å². The van der Waals surface area contributed by atoms with E-state index in [0.29, 0.717) is 18.0 Å². The van der Waals surface area contributed by atoms with Crippen molar-refractivity contribution in [2.45, 2.75) is 31.8 Å². The van der Waals surface area contributed by atoms with Crippen LogP contribution >= 0.6 is 0 Å². The lowest BCUT2D eigenvalue weighted by atomic mass is 9.91. The molecule has 0 radical (unpaired) electrons. The van der Waals surface area contributed by atoms with Gasteiger partial charge >= 0.3 is 0 Å². The quantitative estimate of drug-likeness (QED) is 0.902. The fraction of sp³-hybridized carbons (Fsp3) is 0.600. The number of hydrogen-bond acceptors (Lipinski definition) is 3. The molecule has 0 aliphatic carbocycles. The molecular formula is C15H21NO2S. The SMILES string of the molecule is CC1COc2ccccc2C1NC1CCS(=O)CC1. The molecule has 1 aromatic carbocycles. The van der Waals surface area contributed by atoms with Crippen molar-refractivity contribution >= 4 is 10.8 Å². The van der Waals surface area contributed by atoms with Crippen molar-refractivity contribution in [3.8, 4) is 5.75 Å². The van der Waals surface area contributed by atoms with Gasteiger partial charge in [0.25, 0.3) is 0 Å². The van der Waals surface area contributed by atoms with E-state index in [2.05, 4.69) is 24.4 Å². The molecule has 0 aromatic heterocycles. The van der Waals surface area contributed by atoms with E-state index in [1.54, 1.807) is 0 Å². The first-order valence-corrected chi connectivity index (χ1v) is 8.55. The maximum atomic E-state index is 11.4. The van der Waals surface area contributed by atoms with Crippen molar-refractivity contribution in [2.24, 2.45) is 5.92 Å². The van der Waals surface area contributed by atoms with Crippen molar-refractivity contribution in [3.63, 3.8) is 0 Å². The van der Waals surface area contributed by atoms with Crippen LogP contribution in [0.25, 0.3) is 0 Å². The Balaban J connectivity index is 1.74. The lowest BCUT2D eigenvalue weighted by molar-refractivity contribution is 0.178. The molecular weight excluding hydrogens is 258 g/mol. The standard InChI is InChI=1S/C15H21NO2S/c1-11-10-18-14-5-3-2-4-13(14)15(11)16-12-6-8-19(17)9-7-12/h2-5,11-12,15-16H,6-10H2,1H3. The predicted molar refractivity (Wildman–Crippen MR) is 77.9 cm³/mol. The van der Waals surface area contributed by atoms with Gasteiger partial charge in [-0.25, -0.2) is 0 Å². The normalized spacial score (nSPS) is 34.4. The fourth-order valence-electron chi connectivity index (χ4n) is 2.96. The fourth-order valence-corrected chi connectivity index (χ4v) is 4.26. The zero-order chi connectivity index (χ0) is 13.2. The van der Waals surface area contributed by atoms with Gasteiger partial charge < -0.3 is 10.1 Å². The molecule has 0 bridgehead atoms. The molecule has 0 saturated carbocycles. The minimum atomic E-state index is -0.586. The number of rotatable bonds is 2. The van der Waals surface area contributed by atoms with E-state index in [9.17, 15) is 4.21 Å². The maximum Gasteiger partial charge on any atom is 0.124 e. The average Bonchev–Trinajstić information content (AvgIpc) is 2.44. The molecule has 3 nitrogen and oxygen atoms in total. The first kappa shape index (κ1) is 13.1. The third-order valence-corrected chi connectivity index (χ3v) is 5.51. The molecule has 2 heterocycles. The van der Waals surface area contributed by atoms with Crippen LogP contribution in [0, 0.1) is 5.92 Å². The van der Waals surface area contributed by atoms with E-state index >= 15 is 0 Å². The molecule has 3 rings (SSSR count). The van der Waals surface area contributed by atoms with Crippen LogP contribution in [0.2, 0.25) is 0 Å². The summed E-state index contributed by atoms with van der Waals surface area (Å²) >= 11 is 0. The Labute approximate surface area is 117 Å². The number of benzene rings is 1. The van der Waals surface area contributed by atoms with E-state index < -0.39 is 10.8 Å². The lowest BCUT2D eigenvalue weighted by Crippen LogP contribution is -2.42. The summed E-state index contributed by atoms with van der Waals surface area (Å²) in [5.74, 6) is 3.17. The average molecular weight is 279 g/mol. The van der Waals surface area contributed by atoms with Crippen LogP contribution in [0.15, 0.2) is 24.3 Å². The Bertz CT molecular complexity index is 467. The van der Waals surface area contributed by atoms with Crippen LogP contribution in [-0.2, 0) is 10.8 Å². The lowest BCUT2D eigenvalue weighted by Gasteiger charge is -2.36. The van der Waals surface area contributed by atoms with Gasteiger partial charge in [-0.3, -0.25) is 4.21 Å². The topological polar surface area (TPSA) is 38.3 Å². The van der Waals surface area contributed by atoms with Gasteiger partial charge in [0.2, 0.25) is 0 Å². The molecule has 2 unspecified atom stereocenters. The predicted octanol–water partition coefficient (Wildman–Crippen LogP) is 2.26. The zero-order valence-electron chi connectivity index (χ0n) is 11.3. The number of para-hydroxylation sites is 1. The molecule has 0 spiro atoms. The van der Waals surface area contributed by atoms with Crippen LogP contribution in [0.5, 0.6) is 5.75 Å². The first-order chi connectivity index (χ1) is 9.24. The largest absolute Gasteiger partial charge is 0.493 e. The number of nitrogens with one attached hydrogen (secondary N) is 1. The second kappa shape index (κ2) is 5.63. The van der Waals surface area contributed by atoms with Gasteiger partial charge in [0, 0.05) is 45.9 Å². The monoisotopic (exact) mass is 279 g/mol. The van der Waals surface area contributed by atoms with Crippen molar-refractivity contribution in [1.82, 2.24) is 5.32 Å². The summed E-state index contributed by atoms with van der Waals surface area (Å²) < 4.78 is 17.2. The van der Waals surface area contributed by atoms with E-state index in [1.807, 2.05) is 12.1 Å². The smallest absolute Gasteiger partial charge is 0.124 e. The highest BCUT2D eigenvalue weighted by atomic mass is 32.2. The van der Waals surface area contributed by atoms with Gasteiger partial charge in [0.05, 0.1) is 6.61 Å². The van der Waals surface area contributed by atoms with Gasteiger partial charge in [-0.15, -0.1) is 0 Å². The van der Waals surface area contributed by atoms with Gasteiger partial charge in [-0.1, -0.05) is 25.1 Å². The second-order valence-electron chi connectivity index (χ2n) is 5.59. The maximum absolute atomic E-state index is 11.4. The summed E-state index contributed by atoms with van der Waals surface area (Å²) in [5, 5.41) is 3.77. The van der Waals surface area contributed by atoms with Crippen LogP contribution in [0.4, 0.5) is 0 Å². The number of ether oxygens (including phenoxy) is 1. The number of hydrogen-bond donors (Lipinski definition) is 1. The Kier molecular flexibility index (Phi) is 3.89. The van der Waals surface area contributed by atoms with Crippen molar-refractivity contribution < 1.29 is 8.95 Å². The first-order valence-electron chi connectivity index (χ1n) is 7.07. The van der Waals surface area contributed by atoms with Crippen molar-refractivity contribution in [2.75, 3.05) is 18.1 Å². The zero-order valence-corrected chi connectivity index (χ0v) is 12.1. The summed E-state index contributed by atoms with van der Waals surface area (Å²) in [7, 11) is -0.586. The summed E-state index contributed by atoms with van der Waals surface area (Å²) in [5.41, 5.74) is 1.27. The van der Waals surface area contributed by atoms with Gasteiger partial charge in [0.1, 0.15) is 5.75 Å². The Morgan fingerprint density at radius 3 is 2.79 bits per heavy atom. The molecule has 1 saturated heterocycles. The Morgan fingerprint density at radius 2 is 2.00 bits per heavy atom. The van der Waals surface area contributed by atoms with E-state index in [4.69, 9.17) is 4.74 Å². The van der Waals surface area contributed by atoms with Crippen molar-refractivity contribution in [3.05, 3.63) is 29.8 Å². The van der Waals surface area contributed by atoms with E-state index in [1.165, 1.54) is 5.56 Å². The Morgan fingerprint density at radius 1 is 1.26 bits per heavy atom. The highest BCUT2D eigenvalue weighted by Crippen LogP contribution is 2.35. The van der Waals surface area contributed by atoms with Gasteiger partial charge in [-0.05, 0) is 18.9 Å². The van der Waals surface area contributed by atoms with Gasteiger partial charge in [-0.2, -0.15) is 0 Å². The molecule has 1 fully saturated rings. The number of fused-ring (bicyclic) bond motifs is 1. The summed E-state index contributed by atoms with van der Waals surface area (Å²) in [6.07, 6.45) is 2.05.